The van der Waals surface area contributed by atoms with E-state index in [9.17, 15) is 18.8 Å². The van der Waals surface area contributed by atoms with Gasteiger partial charge in [-0.3, -0.25) is 9.59 Å². The maximum Gasteiger partial charge on any atom is 0.340 e. The van der Waals surface area contributed by atoms with E-state index in [2.05, 4.69) is 4.98 Å². The summed E-state index contributed by atoms with van der Waals surface area (Å²) in [6, 6.07) is 5.87. The molecule has 1 N–H and O–H groups in total. The van der Waals surface area contributed by atoms with E-state index in [0.717, 1.165) is 5.56 Å². The summed E-state index contributed by atoms with van der Waals surface area (Å²) in [6.07, 6.45) is 0.192. The number of carbonyl (C=O) groups excluding carboxylic acids is 3. The fraction of sp³-hybridized carbons (Fsp3) is 0.435. The van der Waals surface area contributed by atoms with Crippen LogP contribution in [0.2, 0.25) is 0 Å². The second-order valence-electron chi connectivity index (χ2n) is 7.73. The highest BCUT2D eigenvalue weighted by Crippen LogP contribution is 2.21. The molecule has 32 heavy (non-hydrogen) atoms. The molecule has 172 valence electrons. The van der Waals surface area contributed by atoms with Crippen LogP contribution in [0.15, 0.2) is 24.3 Å². The van der Waals surface area contributed by atoms with E-state index in [4.69, 9.17) is 9.47 Å². The largest absolute Gasteiger partial charge is 0.460 e. The van der Waals surface area contributed by atoms with Gasteiger partial charge in [-0.15, -0.1) is 0 Å². The lowest BCUT2D eigenvalue weighted by atomic mass is 10.1. The lowest BCUT2D eigenvalue weighted by Gasteiger charge is -2.34. The number of nitrogens with one attached hydrogen (secondary N) is 1. The van der Waals surface area contributed by atoms with E-state index in [-0.39, 0.29) is 30.7 Å². The summed E-state index contributed by atoms with van der Waals surface area (Å²) in [5.41, 5.74) is 2.58. The molecule has 0 atom stereocenters. The average molecular weight is 445 g/mol. The minimum Gasteiger partial charge on any atom is -0.460 e. The average Bonchev–Trinajstić information content (AvgIpc) is 3.09. The van der Waals surface area contributed by atoms with Crippen LogP contribution in [-0.4, -0.2) is 79.1 Å². The van der Waals surface area contributed by atoms with Gasteiger partial charge in [0.25, 0.3) is 5.91 Å². The Labute approximate surface area is 186 Å². The number of methoxy groups -OCH3 is 1. The lowest BCUT2D eigenvalue weighted by molar-refractivity contribution is -0.131. The Morgan fingerprint density at radius 2 is 1.62 bits per heavy atom. The van der Waals surface area contributed by atoms with Gasteiger partial charge >= 0.3 is 5.97 Å². The Kier molecular flexibility index (Phi) is 7.63. The molecule has 2 aromatic rings. The first-order valence-corrected chi connectivity index (χ1v) is 10.5. The standard InChI is InChI=1S/C23H28FN3O5/c1-15-20(23(30)32-13-12-31-3)16(2)25-21(15)22(29)27-10-8-26(9-11-27)19(28)14-17-4-6-18(24)7-5-17/h4-7,25H,8-14H2,1-3H3. The summed E-state index contributed by atoms with van der Waals surface area (Å²) in [4.78, 5) is 44.4. The van der Waals surface area contributed by atoms with Crippen molar-refractivity contribution in [3.63, 3.8) is 0 Å². The van der Waals surface area contributed by atoms with Gasteiger partial charge in [-0.2, -0.15) is 0 Å². The molecule has 2 amide bonds. The number of aromatic amines is 1. The molecule has 8 nitrogen and oxygen atoms in total. The van der Waals surface area contributed by atoms with Gasteiger partial charge in [0.2, 0.25) is 5.91 Å². The molecule has 0 radical (unpaired) electrons. The van der Waals surface area contributed by atoms with Crippen LogP contribution in [-0.2, 0) is 20.7 Å². The molecular formula is C23H28FN3O5. The van der Waals surface area contributed by atoms with Gasteiger partial charge in [0, 0.05) is 39.0 Å². The first kappa shape index (κ1) is 23.5. The molecule has 0 saturated carbocycles. The van der Waals surface area contributed by atoms with E-state index >= 15 is 0 Å². The van der Waals surface area contributed by atoms with E-state index in [1.54, 1.807) is 35.8 Å². The van der Waals surface area contributed by atoms with Crippen molar-refractivity contribution in [3.8, 4) is 0 Å². The van der Waals surface area contributed by atoms with Crippen LogP contribution in [0.25, 0.3) is 0 Å². The highest BCUT2D eigenvalue weighted by Gasteiger charge is 2.29. The van der Waals surface area contributed by atoms with Crippen molar-refractivity contribution in [1.29, 1.82) is 0 Å². The molecule has 0 bridgehead atoms. The third-order valence-corrected chi connectivity index (χ3v) is 5.56. The van der Waals surface area contributed by atoms with Crippen molar-refractivity contribution in [2.45, 2.75) is 20.3 Å². The third kappa shape index (κ3) is 5.34. The Morgan fingerprint density at radius 1 is 1.00 bits per heavy atom. The normalized spacial score (nSPS) is 13.9. The number of benzene rings is 1. The molecular weight excluding hydrogens is 417 g/mol. The highest BCUT2D eigenvalue weighted by atomic mass is 19.1. The highest BCUT2D eigenvalue weighted by molar-refractivity contribution is 6.00. The molecule has 1 aromatic carbocycles. The number of ether oxygens (including phenoxy) is 2. The minimum absolute atomic E-state index is 0.0586. The number of hydrogen-bond acceptors (Lipinski definition) is 5. The summed E-state index contributed by atoms with van der Waals surface area (Å²) < 4.78 is 23.1. The zero-order valence-corrected chi connectivity index (χ0v) is 18.6. The number of aryl methyl sites for hydroxylation is 1. The number of hydrogen-bond donors (Lipinski definition) is 1. The van der Waals surface area contributed by atoms with E-state index in [1.807, 2.05) is 0 Å². The van der Waals surface area contributed by atoms with Gasteiger partial charge in [0.15, 0.2) is 0 Å². The summed E-state index contributed by atoms with van der Waals surface area (Å²) >= 11 is 0. The number of aromatic nitrogens is 1. The number of piperazine rings is 1. The van der Waals surface area contributed by atoms with Crippen LogP contribution in [0, 0.1) is 19.7 Å². The summed E-state index contributed by atoms with van der Waals surface area (Å²) in [5, 5.41) is 0. The topological polar surface area (TPSA) is 91.9 Å². The molecule has 1 aromatic heterocycles. The van der Waals surface area contributed by atoms with Crippen LogP contribution in [0.1, 0.15) is 37.7 Å². The molecule has 9 heteroatoms. The Balaban J connectivity index is 1.59. The number of nitrogens with zero attached hydrogens (tertiary/aromatic N) is 2. The van der Waals surface area contributed by atoms with E-state index in [0.29, 0.717) is 55.3 Å². The van der Waals surface area contributed by atoms with Crippen LogP contribution >= 0.6 is 0 Å². The molecule has 1 aliphatic rings. The van der Waals surface area contributed by atoms with Gasteiger partial charge in [-0.25, -0.2) is 9.18 Å². The quantitative estimate of drug-likeness (QED) is 0.521. The number of amides is 2. The minimum atomic E-state index is -0.497. The van der Waals surface area contributed by atoms with Crippen molar-refractivity contribution in [2.75, 3.05) is 46.5 Å². The van der Waals surface area contributed by atoms with Gasteiger partial charge < -0.3 is 24.3 Å². The Morgan fingerprint density at radius 3 is 2.25 bits per heavy atom. The monoisotopic (exact) mass is 445 g/mol. The number of halogens is 1. The third-order valence-electron chi connectivity index (χ3n) is 5.56. The second-order valence-corrected chi connectivity index (χ2v) is 7.73. The second kappa shape index (κ2) is 10.4. The van der Waals surface area contributed by atoms with Crippen LogP contribution in [0.5, 0.6) is 0 Å². The van der Waals surface area contributed by atoms with E-state index in [1.165, 1.54) is 19.2 Å². The molecule has 0 unspecified atom stereocenters. The van der Waals surface area contributed by atoms with Crippen molar-refractivity contribution < 1.29 is 28.2 Å². The van der Waals surface area contributed by atoms with Crippen LogP contribution < -0.4 is 0 Å². The van der Waals surface area contributed by atoms with Gasteiger partial charge in [-0.05, 0) is 37.1 Å². The van der Waals surface area contributed by atoms with Crippen molar-refractivity contribution in [3.05, 3.63) is 58.2 Å². The number of esters is 1. The maximum atomic E-state index is 13.1. The van der Waals surface area contributed by atoms with Gasteiger partial charge in [0.05, 0.1) is 18.6 Å². The van der Waals surface area contributed by atoms with Crippen molar-refractivity contribution in [1.82, 2.24) is 14.8 Å². The molecule has 0 spiro atoms. The summed E-state index contributed by atoms with van der Waals surface area (Å²) in [7, 11) is 1.52. The number of carbonyl (C=O) groups is 3. The molecule has 3 rings (SSSR count). The molecule has 1 saturated heterocycles. The SMILES string of the molecule is COCCOC(=O)c1c(C)[nH]c(C(=O)N2CCN(C(=O)Cc3ccc(F)cc3)CC2)c1C. The van der Waals surface area contributed by atoms with Crippen molar-refractivity contribution in [2.24, 2.45) is 0 Å². The van der Waals surface area contributed by atoms with Crippen LogP contribution in [0.3, 0.4) is 0 Å². The van der Waals surface area contributed by atoms with E-state index < -0.39 is 5.97 Å². The Bertz CT molecular complexity index is 978. The molecule has 1 aliphatic heterocycles. The summed E-state index contributed by atoms with van der Waals surface area (Å²) in [6.45, 7) is 5.47. The number of H-pyrrole nitrogens is 1. The zero-order chi connectivity index (χ0) is 23.3. The molecule has 2 heterocycles. The fourth-order valence-corrected chi connectivity index (χ4v) is 3.77. The fourth-order valence-electron chi connectivity index (χ4n) is 3.77. The van der Waals surface area contributed by atoms with Gasteiger partial charge in [0.1, 0.15) is 18.1 Å². The predicted octanol–water partition coefficient (Wildman–Crippen LogP) is 2.10. The summed E-state index contributed by atoms with van der Waals surface area (Å²) in [5.74, 6) is -1.11. The van der Waals surface area contributed by atoms with Gasteiger partial charge in [-0.1, -0.05) is 12.1 Å². The lowest BCUT2D eigenvalue weighted by Crippen LogP contribution is -2.51. The van der Waals surface area contributed by atoms with Crippen molar-refractivity contribution >= 4 is 17.8 Å². The maximum absolute atomic E-state index is 13.1. The molecule has 1 fully saturated rings. The Hall–Kier alpha value is -3.20. The zero-order valence-electron chi connectivity index (χ0n) is 18.6. The predicted molar refractivity (Wildman–Crippen MR) is 115 cm³/mol. The van der Waals surface area contributed by atoms with Crippen LogP contribution in [0.4, 0.5) is 4.39 Å². The first-order chi connectivity index (χ1) is 15.3. The molecule has 0 aliphatic carbocycles. The first-order valence-electron chi connectivity index (χ1n) is 10.5. The smallest absolute Gasteiger partial charge is 0.340 e. The number of rotatable bonds is 7.